The number of carbonyl (C=O) groups excluding carboxylic acids is 1. The van der Waals surface area contributed by atoms with Gasteiger partial charge in [0.25, 0.3) is 0 Å². The predicted molar refractivity (Wildman–Crippen MR) is 73.7 cm³/mol. The van der Waals surface area contributed by atoms with E-state index in [1.54, 1.807) is 0 Å². The zero-order valence-electron chi connectivity index (χ0n) is 11.8. The van der Waals surface area contributed by atoms with Crippen LogP contribution >= 0.6 is 0 Å². The first-order valence-electron chi connectivity index (χ1n) is 7.27. The monoisotopic (exact) mass is 270 g/mol. The van der Waals surface area contributed by atoms with Gasteiger partial charge in [0, 0.05) is 13.0 Å². The van der Waals surface area contributed by atoms with Crippen molar-refractivity contribution >= 4 is 11.9 Å². The van der Waals surface area contributed by atoms with Gasteiger partial charge in [0.15, 0.2) is 0 Å². The van der Waals surface area contributed by atoms with Crippen LogP contribution in [0.15, 0.2) is 0 Å². The lowest BCUT2D eigenvalue weighted by molar-refractivity contribution is -0.137. The van der Waals surface area contributed by atoms with Gasteiger partial charge in [0.05, 0.1) is 5.54 Å². The highest BCUT2D eigenvalue weighted by molar-refractivity contribution is 5.86. The Morgan fingerprint density at radius 1 is 1.32 bits per heavy atom. The smallest absolute Gasteiger partial charge is 0.303 e. The quantitative estimate of drug-likeness (QED) is 0.594. The molecule has 0 aliphatic heterocycles. The predicted octanol–water partition coefficient (Wildman–Crippen LogP) is 1.66. The van der Waals surface area contributed by atoms with E-state index in [-0.39, 0.29) is 12.3 Å². The summed E-state index contributed by atoms with van der Waals surface area (Å²) >= 11 is 0. The molecular formula is C14H26N2O3. The van der Waals surface area contributed by atoms with E-state index >= 15 is 0 Å². The second-order valence-electron chi connectivity index (χ2n) is 5.64. The number of aliphatic carboxylic acids is 1. The van der Waals surface area contributed by atoms with Crippen molar-refractivity contribution in [2.75, 3.05) is 6.54 Å². The number of carbonyl (C=O) groups is 2. The van der Waals surface area contributed by atoms with E-state index in [9.17, 15) is 9.59 Å². The lowest BCUT2D eigenvalue weighted by atomic mass is 9.77. The molecule has 0 spiro atoms. The first-order chi connectivity index (χ1) is 8.98. The molecule has 0 aromatic heterocycles. The number of nitrogens with two attached hydrogens (primary N) is 1. The molecule has 1 unspecified atom stereocenters. The molecular weight excluding hydrogens is 244 g/mol. The maximum Gasteiger partial charge on any atom is 0.303 e. The van der Waals surface area contributed by atoms with Gasteiger partial charge in [-0.25, -0.2) is 0 Å². The molecule has 1 saturated carbocycles. The van der Waals surface area contributed by atoms with E-state index in [2.05, 4.69) is 12.2 Å². The highest BCUT2D eigenvalue weighted by atomic mass is 16.4. The molecule has 110 valence electrons. The summed E-state index contributed by atoms with van der Waals surface area (Å²) in [6.45, 7) is 2.69. The van der Waals surface area contributed by atoms with Crippen LogP contribution < -0.4 is 11.1 Å². The average molecular weight is 270 g/mol. The molecule has 1 amide bonds. The third-order valence-electron chi connectivity index (χ3n) is 4.00. The SMILES string of the molecule is CCCC(CCNC(=O)C1(N)CCC1)CCC(=O)O. The standard InChI is InChI=1S/C14H26N2O3/c1-2-4-11(5-6-12(17)18)7-10-16-13(19)14(15)8-3-9-14/h11H,2-10,15H2,1H3,(H,16,19)(H,17,18). The average Bonchev–Trinajstić information content (AvgIpc) is 2.32. The second-order valence-corrected chi connectivity index (χ2v) is 5.64. The van der Waals surface area contributed by atoms with Crippen molar-refractivity contribution in [2.45, 2.75) is 63.8 Å². The van der Waals surface area contributed by atoms with Crippen LogP contribution in [0.4, 0.5) is 0 Å². The summed E-state index contributed by atoms with van der Waals surface area (Å²) < 4.78 is 0. The van der Waals surface area contributed by atoms with E-state index in [0.29, 0.717) is 18.9 Å². The van der Waals surface area contributed by atoms with Gasteiger partial charge in [-0.05, 0) is 38.0 Å². The number of hydrogen-bond acceptors (Lipinski definition) is 3. The van der Waals surface area contributed by atoms with Gasteiger partial charge in [0.2, 0.25) is 5.91 Å². The van der Waals surface area contributed by atoms with Crippen molar-refractivity contribution in [3.05, 3.63) is 0 Å². The van der Waals surface area contributed by atoms with Crippen molar-refractivity contribution in [1.82, 2.24) is 5.32 Å². The first kappa shape index (κ1) is 16.0. The van der Waals surface area contributed by atoms with Crippen LogP contribution in [-0.2, 0) is 9.59 Å². The molecule has 1 aliphatic rings. The summed E-state index contributed by atoms with van der Waals surface area (Å²) in [4.78, 5) is 22.4. The summed E-state index contributed by atoms with van der Waals surface area (Å²) in [5.41, 5.74) is 5.29. The van der Waals surface area contributed by atoms with Crippen LogP contribution in [0.1, 0.15) is 58.3 Å². The summed E-state index contributed by atoms with van der Waals surface area (Å²) in [5, 5.41) is 11.6. The number of rotatable bonds is 9. The van der Waals surface area contributed by atoms with Gasteiger partial charge in [-0.2, -0.15) is 0 Å². The molecule has 1 aliphatic carbocycles. The van der Waals surface area contributed by atoms with Gasteiger partial charge in [-0.1, -0.05) is 19.8 Å². The number of carboxylic acid groups (broad SMARTS) is 1. The van der Waals surface area contributed by atoms with E-state index in [1.807, 2.05) is 0 Å². The van der Waals surface area contributed by atoms with Gasteiger partial charge < -0.3 is 16.2 Å². The summed E-state index contributed by atoms with van der Waals surface area (Å²) in [7, 11) is 0. The Morgan fingerprint density at radius 2 is 2.00 bits per heavy atom. The molecule has 5 nitrogen and oxygen atoms in total. The highest BCUT2D eigenvalue weighted by Crippen LogP contribution is 2.29. The molecule has 5 heteroatoms. The van der Waals surface area contributed by atoms with E-state index in [0.717, 1.165) is 38.5 Å². The zero-order valence-corrected chi connectivity index (χ0v) is 11.8. The molecule has 0 aromatic carbocycles. The Labute approximate surface area is 114 Å². The van der Waals surface area contributed by atoms with E-state index < -0.39 is 11.5 Å². The maximum atomic E-state index is 11.8. The minimum absolute atomic E-state index is 0.0489. The van der Waals surface area contributed by atoms with Crippen LogP contribution in [0.2, 0.25) is 0 Å². The number of nitrogens with one attached hydrogen (secondary N) is 1. The molecule has 0 radical (unpaired) electrons. The molecule has 0 heterocycles. The third kappa shape index (κ3) is 5.19. The minimum atomic E-state index is -0.750. The number of hydrogen-bond donors (Lipinski definition) is 3. The van der Waals surface area contributed by atoms with Crippen LogP contribution in [-0.4, -0.2) is 29.1 Å². The van der Waals surface area contributed by atoms with Gasteiger partial charge in [-0.3, -0.25) is 9.59 Å². The Balaban J connectivity index is 2.23. The summed E-state index contributed by atoms with van der Waals surface area (Å²) in [6, 6.07) is 0. The summed E-state index contributed by atoms with van der Waals surface area (Å²) in [5.74, 6) is -0.427. The normalized spacial score (nSPS) is 18.4. The molecule has 1 atom stereocenters. The number of amides is 1. The van der Waals surface area contributed by atoms with Crippen LogP contribution in [0, 0.1) is 5.92 Å². The topological polar surface area (TPSA) is 92.4 Å². The van der Waals surface area contributed by atoms with E-state index in [1.165, 1.54) is 0 Å². The van der Waals surface area contributed by atoms with Crippen LogP contribution in [0.25, 0.3) is 0 Å². The number of carboxylic acids is 1. The van der Waals surface area contributed by atoms with Gasteiger partial charge >= 0.3 is 5.97 Å². The molecule has 0 aromatic rings. The van der Waals surface area contributed by atoms with Gasteiger partial charge in [-0.15, -0.1) is 0 Å². The van der Waals surface area contributed by atoms with E-state index in [4.69, 9.17) is 10.8 Å². The molecule has 0 bridgehead atoms. The fourth-order valence-corrected chi connectivity index (χ4v) is 2.52. The molecule has 4 N–H and O–H groups in total. The molecule has 19 heavy (non-hydrogen) atoms. The lowest BCUT2D eigenvalue weighted by Crippen LogP contribution is -2.58. The molecule has 1 fully saturated rings. The van der Waals surface area contributed by atoms with Crippen molar-refractivity contribution in [2.24, 2.45) is 11.7 Å². The second kappa shape index (κ2) is 7.48. The van der Waals surface area contributed by atoms with Crippen molar-refractivity contribution in [3.63, 3.8) is 0 Å². The van der Waals surface area contributed by atoms with Gasteiger partial charge in [0.1, 0.15) is 0 Å². The van der Waals surface area contributed by atoms with Crippen LogP contribution in [0.3, 0.4) is 0 Å². The molecule has 1 rings (SSSR count). The Morgan fingerprint density at radius 3 is 2.47 bits per heavy atom. The summed E-state index contributed by atoms with van der Waals surface area (Å²) in [6.07, 6.45) is 6.36. The third-order valence-corrected chi connectivity index (χ3v) is 4.00. The lowest BCUT2D eigenvalue weighted by Gasteiger charge is -2.36. The highest BCUT2D eigenvalue weighted by Gasteiger charge is 2.39. The van der Waals surface area contributed by atoms with Crippen LogP contribution in [0.5, 0.6) is 0 Å². The largest absolute Gasteiger partial charge is 0.481 e. The Kier molecular flexibility index (Phi) is 6.28. The van der Waals surface area contributed by atoms with Crippen molar-refractivity contribution in [1.29, 1.82) is 0 Å². The Bertz CT molecular complexity index is 314. The zero-order chi connectivity index (χ0) is 14.3. The minimum Gasteiger partial charge on any atom is -0.481 e. The van der Waals surface area contributed by atoms with Crippen molar-refractivity contribution in [3.8, 4) is 0 Å². The fourth-order valence-electron chi connectivity index (χ4n) is 2.52. The van der Waals surface area contributed by atoms with Crippen molar-refractivity contribution < 1.29 is 14.7 Å². The first-order valence-corrected chi connectivity index (χ1v) is 7.27. The Hall–Kier alpha value is -1.10. The fraction of sp³-hybridized carbons (Fsp3) is 0.857. The maximum absolute atomic E-state index is 11.8. The molecule has 0 saturated heterocycles.